The van der Waals surface area contributed by atoms with Crippen LogP contribution in [0.1, 0.15) is 16.5 Å². The van der Waals surface area contributed by atoms with Crippen molar-refractivity contribution < 1.29 is 0 Å². The molecule has 0 aliphatic heterocycles. The minimum atomic E-state index is 0.118. The summed E-state index contributed by atoms with van der Waals surface area (Å²) in [6.07, 6.45) is 3.98. The Labute approximate surface area is 122 Å². The Morgan fingerprint density at radius 2 is 2.00 bits per heavy atom. The van der Waals surface area contributed by atoms with Gasteiger partial charge in [0.1, 0.15) is 0 Å². The average molecular weight is 283 g/mol. The second kappa shape index (κ2) is 5.61. The third-order valence-electron chi connectivity index (χ3n) is 3.46. The van der Waals surface area contributed by atoms with E-state index in [-0.39, 0.29) is 6.04 Å². The highest BCUT2D eigenvalue weighted by molar-refractivity contribution is 7.10. The molecule has 1 aromatic carbocycles. The van der Waals surface area contributed by atoms with Crippen LogP contribution in [-0.4, -0.2) is 16.3 Å². The number of thiophene rings is 1. The molecule has 1 unspecified atom stereocenters. The molecule has 0 amide bonds. The van der Waals surface area contributed by atoms with Crippen LogP contribution in [0.25, 0.3) is 11.1 Å². The fourth-order valence-corrected chi connectivity index (χ4v) is 3.38. The molecule has 0 fully saturated rings. The molecule has 0 saturated heterocycles. The molecular formula is C16H17N3S. The maximum atomic E-state index is 5.96. The van der Waals surface area contributed by atoms with E-state index in [0.29, 0.717) is 6.54 Å². The number of aryl methyl sites for hydroxylation is 1. The third-order valence-corrected chi connectivity index (χ3v) is 4.58. The van der Waals surface area contributed by atoms with E-state index >= 15 is 0 Å². The van der Waals surface area contributed by atoms with Gasteiger partial charge in [0.25, 0.3) is 0 Å². The molecule has 1 atom stereocenters. The van der Waals surface area contributed by atoms with Crippen LogP contribution in [0.2, 0.25) is 0 Å². The Morgan fingerprint density at radius 3 is 2.65 bits per heavy atom. The van der Waals surface area contributed by atoms with Crippen LogP contribution in [0, 0.1) is 6.92 Å². The Morgan fingerprint density at radius 1 is 1.20 bits per heavy atom. The van der Waals surface area contributed by atoms with Gasteiger partial charge in [-0.1, -0.05) is 30.3 Å². The second-order valence-corrected chi connectivity index (χ2v) is 5.74. The quantitative estimate of drug-likeness (QED) is 0.796. The lowest BCUT2D eigenvalue weighted by atomic mass is 10.1. The molecule has 2 N–H and O–H groups in total. The van der Waals surface area contributed by atoms with Crippen molar-refractivity contribution >= 4 is 11.3 Å². The molecular weight excluding hydrogens is 266 g/mol. The van der Waals surface area contributed by atoms with Gasteiger partial charge >= 0.3 is 0 Å². The van der Waals surface area contributed by atoms with E-state index in [0.717, 1.165) is 5.56 Å². The maximum absolute atomic E-state index is 5.96. The normalized spacial score (nSPS) is 12.5. The monoisotopic (exact) mass is 283 g/mol. The van der Waals surface area contributed by atoms with Gasteiger partial charge in [0.15, 0.2) is 0 Å². The lowest BCUT2D eigenvalue weighted by molar-refractivity contribution is 0.538. The summed E-state index contributed by atoms with van der Waals surface area (Å²) >= 11 is 1.74. The minimum Gasteiger partial charge on any atom is -0.328 e. The fraction of sp³-hybridized carbons (Fsp3) is 0.188. The predicted molar refractivity (Wildman–Crippen MR) is 83.9 cm³/mol. The first kappa shape index (κ1) is 13.1. The van der Waals surface area contributed by atoms with Gasteiger partial charge in [-0.15, -0.1) is 11.3 Å². The summed E-state index contributed by atoms with van der Waals surface area (Å²) in [6.45, 7) is 2.67. The molecule has 0 spiro atoms. The number of nitrogens with two attached hydrogens (primary N) is 1. The van der Waals surface area contributed by atoms with Gasteiger partial charge in [-0.05, 0) is 29.5 Å². The van der Waals surface area contributed by atoms with Crippen molar-refractivity contribution in [3.05, 3.63) is 64.6 Å². The van der Waals surface area contributed by atoms with Crippen molar-refractivity contribution in [2.45, 2.75) is 13.0 Å². The van der Waals surface area contributed by atoms with E-state index in [1.165, 1.54) is 16.0 Å². The molecule has 0 saturated carbocycles. The molecule has 20 heavy (non-hydrogen) atoms. The first-order chi connectivity index (χ1) is 9.79. The van der Waals surface area contributed by atoms with Gasteiger partial charge in [-0.3, -0.25) is 4.68 Å². The summed E-state index contributed by atoms with van der Waals surface area (Å²) in [5.74, 6) is 0. The molecule has 2 heterocycles. The third kappa shape index (κ3) is 2.40. The Balaban J connectivity index is 1.95. The molecule has 4 heteroatoms. The fourth-order valence-electron chi connectivity index (χ4n) is 2.35. The van der Waals surface area contributed by atoms with Crippen LogP contribution in [0.3, 0.4) is 0 Å². The van der Waals surface area contributed by atoms with E-state index in [9.17, 15) is 0 Å². The summed E-state index contributed by atoms with van der Waals surface area (Å²) in [5.41, 5.74) is 9.54. The standard InChI is InChI=1S/C16H17N3S/c1-12-7-8-20-16(12)15(9-17)19-11-14(10-18-19)13-5-3-2-4-6-13/h2-8,10-11,15H,9,17H2,1H3. The van der Waals surface area contributed by atoms with Gasteiger partial charge in [0.05, 0.1) is 12.2 Å². The highest BCUT2D eigenvalue weighted by Crippen LogP contribution is 2.27. The van der Waals surface area contributed by atoms with Crippen molar-refractivity contribution in [1.29, 1.82) is 0 Å². The number of hydrogen-bond donors (Lipinski definition) is 1. The number of nitrogens with zero attached hydrogens (tertiary/aromatic N) is 2. The molecule has 0 radical (unpaired) electrons. The lowest BCUT2D eigenvalue weighted by Crippen LogP contribution is -2.20. The van der Waals surface area contributed by atoms with E-state index in [1.807, 2.05) is 29.1 Å². The van der Waals surface area contributed by atoms with Crippen LogP contribution >= 0.6 is 11.3 Å². The average Bonchev–Trinajstić information content (AvgIpc) is 3.12. The maximum Gasteiger partial charge on any atom is 0.0985 e. The molecule has 0 aliphatic carbocycles. The zero-order valence-electron chi connectivity index (χ0n) is 11.4. The Bertz CT molecular complexity index is 685. The first-order valence-corrected chi connectivity index (χ1v) is 7.51. The van der Waals surface area contributed by atoms with Crippen LogP contribution < -0.4 is 5.73 Å². The lowest BCUT2D eigenvalue weighted by Gasteiger charge is -2.15. The topological polar surface area (TPSA) is 43.8 Å². The summed E-state index contributed by atoms with van der Waals surface area (Å²) in [4.78, 5) is 1.29. The van der Waals surface area contributed by atoms with Crippen molar-refractivity contribution in [1.82, 2.24) is 9.78 Å². The van der Waals surface area contributed by atoms with Crippen LogP contribution in [0.15, 0.2) is 54.2 Å². The number of hydrogen-bond acceptors (Lipinski definition) is 3. The molecule has 2 aromatic heterocycles. The van der Waals surface area contributed by atoms with Crippen molar-refractivity contribution in [3.8, 4) is 11.1 Å². The summed E-state index contributed by atoms with van der Waals surface area (Å²) < 4.78 is 1.97. The van der Waals surface area contributed by atoms with Crippen LogP contribution in [-0.2, 0) is 0 Å². The summed E-state index contributed by atoms with van der Waals surface area (Å²) in [6, 6.07) is 12.5. The molecule has 0 bridgehead atoms. The zero-order valence-corrected chi connectivity index (χ0v) is 12.2. The molecule has 3 nitrogen and oxygen atoms in total. The van der Waals surface area contributed by atoms with E-state index in [2.05, 4.69) is 41.8 Å². The number of rotatable bonds is 4. The Kier molecular flexibility index (Phi) is 3.67. The highest BCUT2D eigenvalue weighted by Gasteiger charge is 2.16. The largest absolute Gasteiger partial charge is 0.328 e. The SMILES string of the molecule is Cc1ccsc1C(CN)n1cc(-c2ccccc2)cn1. The summed E-state index contributed by atoms with van der Waals surface area (Å²) in [5, 5.41) is 6.61. The molecule has 3 rings (SSSR count). The zero-order chi connectivity index (χ0) is 13.9. The van der Waals surface area contributed by atoms with Gasteiger partial charge in [0.2, 0.25) is 0 Å². The van der Waals surface area contributed by atoms with E-state index in [4.69, 9.17) is 5.73 Å². The molecule has 0 aliphatic rings. The van der Waals surface area contributed by atoms with Crippen LogP contribution in [0.4, 0.5) is 0 Å². The molecule has 3 aromatic rings. The van der Waals surface area contributed by atoms with Gasteiger partial charge in [0, 0.05) is 23.2 Å². The van der Waals surface area contributed by atoms with Crippen LogP contribution in [0.5, 0.6) is 0 Å². The number of aromatic nitrogens is 2. The highest BCUT2D eigenvalue weighted by atomic mass is 32.1. The predicted octanol–water partition coefficient (Wildman–Crippen LogP) is 3.47. The second-order valence-electron chi connectivity index (χ2n) is 4.79. The van der Waals surface area contributed by atoms with Crippen molar-refractivity contribution in [2.75, 3.05) is 6.54 Å². The van der Waals surface area contributed by atoms with E-state index < -0.39 is 0 Å². The van der Waals surface area contributed by atoms with E-state index in [1.54, 1.807) is 11.3 Å². The Hall–Kier alpha value is -1.91. The van der Waals surface area contributed by atoms with Gasteiger partial charge in [-0.25, -0.2) is 0 Å². The van der Waals surface area contributed by atoms with Crippen molar-refractivity contribution in [2.24, 2.45) is 5.73 Å². The molecule has 102 valence electrons. The minimum absolute atomic E-state index is 0.118. The van der Waals surface area contributed by atoms with Crippen molar-refractivity contribution in [3.63, 3.8) is 0 Å². The van der Waals surface area contributed by atoms with Gasteiger partial charge < -0.3 is 5.73 Å². The number of benzene rings is 1. The van der Waals surface area contributed by atoms with Gasteiger partial charge in [-0.2, -0.15) is 5.10 Å². The smallest absolute Gasteiger partial charge is 0.0985 e. The first-order valence-electron chi connectivity index (χ1n) is 6.63. The summed E-state index contributed by atoms with van der Waals surface area (Å²) in [7, 11) is 0.